The maximum absolute atomic E-state index is 14.2. The Bertz CT molecular complexity index is 660. The van der Waals surface area contributed by atoms with Crippen LogP contribution in [0, 0.1) is 5.82 Å². The fourth-order valence-electron chi connectivity index (χ4n) is 2.25. The Morgan fingerprint density at radius 1 is 1.19 bits per heavy atom. The molecule has 0 saturated carbocycles. The third-order valence-corrected chi connectivity index (χ3v) is 3.47. The van der Waals surface area contributed by atoms with Gasteiger partial charge in [0.25, 0.3) is 0 Å². The van der Waals surface area contributed by atoms with Crippen molar-refractivity contribution in [1.29, 1.82) is 0 Å². The van der Waals surface area contributed by atoms with Gasteiger partial charge >= 0.3 is 5.97 Å². The maximum Gasteiger partial charge on any atom is 0.304 e. The van der Waals surface area contributed by atoms with E-state index in [1.807, 2.05) is 12.1 Å². The molecule has 110 valence electrons. The van der Waals surface area contributed by atoms with Gasteiger partial charge in [0.15, 0.2) is 0 Å². The molecule has 2 rings (SSSR count). The zero-order valence-corrected chi connectivity index (χ0v) is 12.0. The molecule has 0 bridgehead atoms. The summed E-state index contributed by atoms with van der Waals surface area (Å²) in [6.45, 7) is 0. The predicted octanol–water partition coefficient (Wildman–Crippen LogP) is 3.49. The molecule has 0 amide bonds. The maximum atomic E-state index is 14.2. The Morgan fingerprint density at radius 3 is 2.57 bits per heavy atom. The molecule has 5 heteroatoms. The van der Waals surface area contributed by atoms with Crippen LogP contribution < -0.4 is 5.73 Å². The molecule has 1 unspecified atom stereocenters. The van der Waals surface area contributed by atoms with Crippen molar-refractivity contribution in [2.75, 3.05) is 0 Å². The van der Waals surface area contributed by atoms with E-state index in [-0.39, 0.29) is 11.4 Å². The third kappa shape index (κ3) is 3.80. The van der Waals surface area contributed by atoms with Gasteiger partial charge in [-0.15, -0.1) is 0 Å². The number of hydrogen-bond acceptors (Lipinski definition) is 2. The van der Waals surface area contributed by atoms with Gasteiger partial charge in [0, 0.05) is 11.6 Å². The van der Waals surface area contributed by atoms with Crippen LogP contribution in [0.15, 0.2) is 42.5 Å². The molecule has 0 radical (unpaired) electrons. The monoisotopic (exact) mass is 307 g/mol. The number of carboxylic acids is 1. The topological polar surface area (TPSA) is 63.3 Å². The molecule has 0 fully saturated rings. The van der Waals surface area contributed by atoms with Crippen LogP contribution >= 0.6 is 11.6 Å². The number of carbonyl (C=O) groups is 1. The van der Waals surface area contributed by atoms with Crippen LogP contribution in [0.5, 0.6) is 0 Å². The molecule has 3 N–H and O–H groups in total. The zero-order chi connectivity index (χ0) is 15.4. The van der Waals surface area contributed by atoms with E-state index in [0.29, 0.717) is 17.5 Å². The number of hydrogen-bond donors (Lipinski definition) is 2. The molecule has 21 heavy (non-hydrogen) atoms. The SMILES string of the molecule is NC(CC(=O)O)Cc1ccccc1-c1cccc(Cl)c1F. The Balaban J connectivity index is 2.37. The van der Waals surface area contributed by atoms with Crippen molar-refractivity contribution in [1.82, 2.24) is 0 Å². The minimum absolute atomic E-state index is 0.0529. The van der Waals surface area contributed by atoms with Crippen molar-refractivity contribution in [2.24, 2.45) is 5.73 Å². The van der Waals surface area contributed by atoms with Gasteiger partial charge in [-0.1, -0.05) is 48.0 Å². The lowest BCUT2D eigenvalue weighted by Crippen LogP contribution is -2.26. The highest BCUT2D eigenvalue weighted by atomic mass is 35.5. The van der Waals surface area contributed by atoms with Crippen LogP contribution in [0.1, 0.15) is 12.0 Å². The first-order valence-electron chi connectivity index (χ1n) is 6.48. The Kier molecular flexibility index (Phi) is 4.94. The highest BCUT2D eigenvalue weighted by molar-refractivity contribution is 6.31. The fourth-order valence-corrected chi connectivity index (χ4v) is 2.43. The van der Waals surface area contributed by atoms with Crippen LogP contribution in [-0.2, 0) is 11.2 Å². The summed E-state index contributed by atoms with van der Waals surface area (Å²) >= 11 is 5.81. The Morgan fingerprint density at radius 2 is 1.86 bits per heavy atom. The molecule has 0 saturated heterocycles. The smallest absolute Gasteiger partial charge is 0.304 e. The van der Waals surface area contributed by atoms with Gasteiger partial charge in [-0.25, -0.2) is 4.39 Å². The molecule has 1 atom stereocenters. The second kappa shape index (κ2) is 6.70. The molecular weight excluding hydrogens is 293 g/mol. The third-order valence-electron chi connectivity index (χ3n) is 3.18. The van der Waals surface area contributed by atoms with Gasteiger partial charge in [-0.3, -0.25) is 4.79 Å². The molecule has 2 aromatic rings. The lowest BCUT2D eigenvalue weighted by Gasteiger charge is -2.14. The molecule has 0 aliphatic carbocycles. The van der Waals surface area contributed by atoms with Gasteiger partial charge in [-0.2, -0.15) is 0 Å². The summed E-state index contributed by atoms with van der Waals surface area (Å²) in [5, 5.41) is 8.82. The average molecular weight is 308 g/mol. The Labute approximate surface area is 127 Å². The van der Waals surface area contributed by atoms with E-state index < -0.39 is 17.8 Å². The van der Waals surface area contributed by atoms with Gasteiger partial charge in [-0.05, 0) is 23.6 Å². The quantitative estimate of drug-likeness (QED) is 0.888. The van der Waals surface area contributed by atoms with Crippen LogP contribution in [0.25, 0.3) is 11.1 Å². The van der Waals surface area contributed by atoms with Crippen molar-refractivity contribution in [3.8, 4) is 11.1 Å². The average Bonchev–Trinajstić information content (AvgIpc) is 2.42. The summed E-state index contributed by atoms with van der Waals surface area (Å²) in [6, 6.07) is 11.5. The number of nitrogens with two attached hydrogens (primary N) is 1. The summed E-state index contributed by atoms with van der Waals surface area (Å²) in [4.78, 5) is 10.7. The van der Waals surface area contributed by atoms with Crippen LogP contribution in [0.3, 0.4) is 0 Å². The normalized spacial score (nSPS) is 12.1. The number of halogens is 2. The van der Waals surface area contributed by atoms with Crippen molar-refractivity contribution in [3.63, 3.8) is 0 Å². The Hall–Kier alpha value is -1.91. The first kappa shape index (κ1) is 15.5. The molecule has 3 nitrogen and oxygen atoms in total. The molecule has 0 aliphatic rings. The second-order valence-electron chi connectivity index (χ2n) is 4.82. The van der Waals surface area contributed by atoms with E-state index in [4.69, 9.17) is 22.4 Å². The van der Waals surface area contributed by atoms with Crippen molar-refractivity contribution in [2.45, 2.75) is 18.9 Å². The molecule has 0 aromatic heterocycles. The van der Waals surface area contributed by atoms with E-state index in [2.05, 4.69) is 0 Å². The van der Waals surface area contributed by atoms with Gasteiger partial charge < -0.3 is 10.8 Å². The first-order valence-corrected chi connectivity index (χ1v) is 6.86. The van der Waals surface area contributed by atoms with Crippen LogP contribution in [-0.4, -0.2) is 17.1 Å². The minimum Gasteiger partial charge on any atom is -0.481 e. The number of aliphatic carboxylic acids is 1. The number of rotatable bonds is 5. The summed E-state index contributed by atoms with van der Waals surface area (Å²) in [5.41, 5.74) is 7.69. The number of carboxylic acid groups (broad SMARTS) is 1. The van der Waals surface area contributed by atoms with Gasteiger partial charge in [0.1, 0.15) is 5.82 Å². The van der Waals surface area contributed by atoms with E-state index in [1.165, 1.54) is 6.07 Å². The lowest BCUT2D eigenvalue weighted by atomic mass is 9.94. The predicted molar refractivity (Wildman–Crippen MR) is 80.8 cm³/mol. The van der Waals surface area contributed by atoms with E-state index in [1.54, 1.807) is 24.3 Å². The molecular formula is C16H15ClFNO2. The zero-order valence-electron chi connectivity index (χ0n) is 11.2. The van der Waals surface area contributed by atoms with Gasteiger partial charge in [0.2, 0.25) is 0 Å². The highest BCUT2D eigenvalue weighted by Crippen LogP contribution is 2.30. The van der Waals surface area contributed by atoms with Gasteiger partial charge in [0.05, 0.1) is 11.4 Å². The van der Waals surface area contributed by atoms with Crippen molar-refractivity contribution in [3.05, 3.63) is 58.9 Å². The summed E-state index contributed by atoms with van der Waals surface area (Å²) in [6.07, 6.45) is 0.223. The largest absolute Gasteiger partial charge is 0.481 e. The fraction of sp³-hybridized carbons (Fsp3) is 0.188. The molecule has 2 aromatic carbocycles. The second-order valence-corrected chi connectivity index (χ2v) is 5.23. The van der Waals surface area contributed by atoms with Crippen molar-refractivity contribution >= 4 is 17.6 Å². The van der Waals surface area contributed by atoms with Crippen LogP contribution in [0.2, 0.25) is 5.02 Å². The lowest BCUT2D eigenvalue weighted by molar-refractivity contribution is -0.137. The van der Waals surface area contributed by atoms with E-state index >= 15 is 0 Å². The molecule has 0 spiro atoms. The molecule has 0 aliphatic heterocycles. The van der Waals surface area contributed by atoms with E-state index in [9.17, 15) is 9.18 Å². The standard InChI is InChI=1S/C16H15ClFNO2/c17-14-7-3-6-13(16(14)18)12-5-2-1-4-10(12)8-11(19)9-15(20)21/h1-7,11H,8-9,19H2,(H,20,21). The number of benzene rings is 2. The van der Waals surface area contributed by atoms with Crippen molar-refractivity contribution < 1.29 is 14.3 Å². The summed E-state index contributed by atoms with van der Waals surface area (Å²) in [7, 11) is 0. The minimum atomic E-state index is -0.950. The first-order chi connectivity index (χ1) is 9.99. The highest BCUT2D eigenvalue weighted by Gasteiger charge is 2.15. The molecule has 0 heterocycles. The van der Waals surface area contributed by atoms with E-state index in [0.717, 1.165) is 5.56 Å². The van der Waals surface area contributed by atoms with Crippen LogP contribution in [0.4, 0.5) is 4.39 Å². The summed E-state index contributed by atoms with van der Waals surface area (Å²) < 4.78 is 14.2. The summed E-state index contributed by atoms with van der Waals surface area (Å²) in [5.74, 6) is -1.44.